The topological polar surface area (TPSA) is 161 Å². The molecule has 206 valence electrons. The number of nitrogens with one attached hydrogen (secondary N) is 1. The largest absolute Gasteiger partial charge is 0.496 e. The average Bonchev–Trinajstić information content (AvgIpc) is 3.27. The van der Waals surface area contributed by atoms with Gasteiger partial charge < -0.3 is 40.9 Å². The van der Waals surface area contributed by atoms with E-state index in [2.05, 4.69) is 0 Å². The van der Waals surface area contributed by atoms with E-state index in [4.69, 9.17) is 31.1 Å². The van der Waals surface area contributed by atoms with E-state index in [0.717, 1.165) is 6.21 Å². The zero-order valence-corrected chi connectivity index (χ0v) is 22.3. The number of piperidine rings is 1. The molecule has 2 aliphatic rings. The minimum atomic E-state index is -0.659. The van der Waals surface area contributed by atoms with Crippen LogP contribution in [0, 0.1) is 10.8 Å². The molecule has 1 spiro atoms. The van der Waals surface area contributed by atoms with Crippen molar-refractivity contribution in [3.8, 4) is 17.2 Å². The number of amides is 3. The summed E-state index contributed by atoms with van der Waals surface area (Å²) in [5.74, 6) is -0.0198. The highest BCUT2D eigenvalue weighted by Crippen LogP contribution is 2.45. The van der Waals surface area contributed by atoms with Crippen molar-refractivity contribution in [2.75, 3.05) is 45.9 Å². The van der Waals surface area contributed by atoms with Crippen LogP contribution in [-0.2, 0) is 4.79 Å². The Morgan fingerprint density at radius 2 is 1.54 bits per heavy atom. The van der Waals surface area contributed by atoms with Gasteiger partial charge >= 0.3 is 0 Å². The maximum absolute atomic E-state index is 13.7. The number of rotatable bonds is 8. The fourth-order valence-electron chi connectivity index (χ4n) is 5.39. The lowest BCUT2D eigenvalue weighted by Crippen LogP contribution is -2.46. The van der Waals surface area contributed by atoms with Gasteiger partial charge in [-0.1, -0.05) is 0 Å². The number of likely N-dealkylation sites (tertiary alicyclic amines) is 1. The maximum atomic E-state index is 13.7. The first kappa shape index (κ1) is 27.5. The monoisotopic (exact) mass is 535 g/mol. The molecule has 2 aromatic carbocycles. The number of hydrogen-bond acceptors (Lipinski definition) is 8. The summed E-state index contributed by atoms with van der Waals surface area (Å²) >= 11 is 0. The summed E-state index contributed by atoms with van der Waals surface area (Å²) in [6.45, 7) is 1.32. The number of methoxy groups -OCH3 is 3. The molecular weight excluding hydrogens is 502 g/mol. The number of primary amides is 1. The Bertz CT molecular complexity index is 1320. The van der Waals surface area contributed by atoms with Gasteiger partial charge in [-0.3, -0.25) is 14.4 Å². The van der Waals surface area contributed by atoms with Crippen LogP contribution in [0.2, 0.25) is 0 Å². The second-order valence-corrected chi connectivity index (χ2v) is 9.55. The molecule has 0 aromatic heterocycles. The molecule has 11 heteroatoms. The molecule has 2 aromatic rings. The quantitative estimate of drug-likeness (QED) is 0.437. The minimum absolute atomic E-state index is 0.0204. The minimum Gasteiger partial charge on any atom is -0.496 e. The molecule has 39 heavy (non-hydrogen) atoms. The molecule has 0 bridgehead atoms. The number of benzene rings is 2. The third-order valence-corrected chi connectivity index (χ3v) is 7.67. The molecule has 0 aliphatic carbocycles. The predicted octanol–water partition coefficient (Wildman–Crippen LogP) is 2.42. The Kier molecular flexibility index (Phi) is 7.80. The molecule has 5 N–H and O–H groups in total. The summed E-state index contributed by atoms with van der Waals surface area (Å²) in [5.41, 5.74) is 12.8. The molecule has 0 saturated carbocycles. The summed E-state index contributed by atoms with van der Waals surface area (Å²) < 4.78 is 16.3. The van der Waals surface area contributed by atoms with Gasteiger partial charge in [0.15, 0.2) is 0 Å². The Morgan fingerprint density at radius 3 is 2.05 bits per heavy atom. The SMILES string of the molecule is COc1cc(N2CCC3(CCN(C(=O)c4c(OC)cc(C(N)=O)cc4OC)CC3)C2=O)ccc1/C(C=N)=C/N. The van der Waals surface area contributed by atoms with Crippen molar-refractivity contribution in [1.29, 1.82) is 5.41 Å². The third kappa shape index (κ3) is 4.87. The molecular formula is C28H33N5O6. The molecule has 2 saturated heterocycles. The molecule has 11 nitrogen and oxygen atoms in total. The zero-order valence-electron chi connectivity index (χ0n) is 22.3. The van der Waals surface area contributed by atoms with E-state index >= 15 is 0 Å². The Morgan fingerprint density at radius 1 is 0.949 bits per heavy atom. The van der Waals surface area contributed by atoms with Gasteiger partial charge in [-0.25, -0.2) is 0 Å². The van der Waals surface area contributed by atoms with Crippen LogP contribution in [0.1, 0.15) is 45.5 Å². The van der Waals surface area contributed by atoms with Gasteiger partial charge in [-0.05, 0) is 43.5 Å². The third-order valence-electron chi connectivity index (χ3n) is 7.67. The highest BCUT2D eigenvalue weighted by Gasteiger charge is 2.49. The normalized spacial score (nSPS) is 16.8. The van der Waals surface area contributed by atoms with Crippen LogP contribution in [0.5, 0.6) is 17.2 Å². The van der Waals surface area contributed by atoms with E-state index in [1.807, 2.05) is 6.07 Å². The van der Waals surface area contributed by atoms with Crippen LogP contribution in [0.25, 0.3) is 5.57 Å². The Balaban J connectivity index is 1.52. The summed E-state index contributed by atoms with van der Waals surface area (Å²) in [5, 5.41) is 7.57. The van der Waals surface area contributed by atoms with Gasteiger partial charge in [-0.15, -0.1) is 0 Å². The van der Waals surface area contributed by atoms with Crippen LogP contribution in [-0.4, -0.2) is 69.8 Å². The summed E-state index contributed by atoms with van der Waals surface area (Å²) in [7, 11) is 4.35. The van der Waals surface area contributed by atoms with Gasteiger partial charge in [0.2, 0.25) is 11.8 Å². The van der Waals surface area contributed by atoms with Gasteiger partial charge in [0.05, 0.1) is 26.7 Å². The number of hydrogen-bond donors (Lipinski definition) is 3. The predicted molar refractivity (Wildman–Crippen MR) is 147 cm³/mol. The van der Waals surface area contributed by atoms with Crippen molar-refractivity contribution in [3.05, 3.63) is 53.2 Å². The highest BCUT2D eigenvalue weighted by atomic mass is 16.5. The second kappa shape index (κ2) is 11.1. The average molecular weight is 536 g/mol. The molecule has 0 atom stereocenters. The van der Waals surface area contributed by atoms with E-state index in [1.54, 1.807) is 21.9 Å². The summed E-state index contributed by atoms with van der Waals surface area (Å²) in [6, 6.07) is 8.26. The Hall–Kier alpha value is -4.54. The van der Waals surface area contributed by atoms with Crippen LogP contribution < -0.4 is 30.6 Å². The summed E-state index contributed by atoms with van der Waals surface area (Å²) in [4.78, 5) is 42.4. The van der Waals surface area contributed by atoms with Gasteiger partial charge in [0, 0.05) is 60.5 Å². The molecule has 0 unspecified atom stereocenters. The van der Waals surface area contributed by atoms with Crippen molar-refractivity contribution >= 4 is 35.2 Å². The lowest BCUT2D eigenvalue weighted by atomic mass is 9.77. The smallest absolute Gasteiger partial charge is 0.261 e. The number of carbonyl (C=O) groups excluding carboxylic acids is 3. The van der Waals surface area contributed by atoms with Crippen LogP contribution in [0.3, 0.4) is 0 Å². The van der Waals surface area contributed by atoms with Gasteiger partial charge in [0.25, 0.3) is 5.91 Å². The lowest BCUT2D eigenvalue weighted by molar-refractivity contribution is -0.127. The lowest BCUT2D eigenvalue weighted by Gasteiger charge is -2.38. The van der Waals surface area contributed by atoms with Crippen LogP contribution in [0.15, 0.2) is 36.5 Å². The molecule has 0 radical (unpaired) electrons. The fraction of sp³-hybridized carbons (Fsp3) is 0.357. The first-order chi connectivity index (χ1) is 18.7. The number of carbonyl (C=O) groups is 3. The Labute approximate surface area is 226 Å². The first-order valence-corrected chi connectivity index (χ1v) is 12.5. The van der Waals surface area contributed by atoms with Crippen molar-refractivity contribution in [2.24, 2.45) is 16.9 Å². The van der Waals surface area contributed by atoms with Gasteiger partial charge in [-0.2, -0.15) is 0 Å². The molecule has 3 amide bonds. The summed E-state index contributed by atoms with van der Waals surface area (Å²) in [6.07, 6.45) is 4.20. The first-order valence-electron chi connectivity index (χ1n) is 12.5. The second-order valence-electron chi connectivity index (χ2n) is 9.55. The van der Waals surface area contributed by atoms with Crippen LogP contribution >= 0.6 is 0 Å². The maximum Gasteiger partial charge on any atom is 0.261 e. The molecule has 2 heterocycles. The fourth-order valence-corrected chi connectivity index (χ4v) is 5.39. The van der Waals surface area contributed by atoms with E-state index in [0.29, 0.717) is 61.5 Å². The van der Waals surface area contributed by atoms with E-state index in [1.165, 1.54) is 39.7 Å². The van der Waals surface area contributed by atoms with Crippen LogP contribution in [0.4, 0.5) is 5.69 Å². The number of nitrogens with two attached hydrogens (primary N) is 2. The number of allylic oxidation sites excluding steroid dienone is 1. The standard InChI is InChI=1S/C28H33N5O6/c1-37-21-14-19(4-5-20(21)18(15-29)16-30)33-11-8-28(27(33)36)6-9-32(10-7-28)26(35)24-22(38-2)12-17(25(31)34)13-23(24)39-3/h4-5,12-16,29H,6-11,30H2,1-3H3,(H2,31,34)/b18-16+,29-15?. The highest BCUT2D eigenvalue weighted by molar-refractivity contribution is 6.10. The van der Waals surface area contributed by atoms with Crippen molar-refractivity contribution < 1.29 is 28.6 Å². The van der Waals surface area contributed by atoms with E-state index in [-0.39, 0.29) is 34.4 Å². The molecule has 4 rings (SSSR count). The number of nitrogens with zero attached hydrogens (tertiary/aromatic N) is 2. The molecule has 2 fully saturated rings. The number of ether oxygens (including phenoxy) is 3. The van der Waals surface area contributed by atoms with Crippen molar-refractivity contribution in [2.45, 2.75) is 19.3 Å². The zero-order chi connectivity index (χ0) is 28.3. The van der Waals surface area contributed by atoms with Crippen molar-refractivity contribution in [1.82, 2.24) is 4.90 Å². The van der Waals surface area contributed by atoms with Gasteiger partial charge in [0.1, 0.15) is 22.8 Å². The van der Waals surface area contributed by atoms with E-state index in [9.17, 15) is 14.4 Å². The molecule has 2 aliphatic heterocycles. The van der Waals surface area contributed by atoms with Crippen molar-refractivity contribution in [3.63, 3.8) is 0 Å². The van der Waals surface area contributed by atoms with E-state index < -0.39 is 11.3 Å². The number of anilines is 1.